The molecule has 0 radical (unpaired) electrons. The molecule has 0 saturated carbocycles. The van der Waals surface area contributed by atoms with Crippen molar-refractivity contribution in [3.05, 3.63) is 0 Å². The normalized spacial score (nSPS) is 12.0. The summed E-state index contributed by atoms with van der Waals surface area (Å²) < 4.78 is 27.8. The summed E-state index contributed by atoms with van der Waals surface area (Å²) in [5.41, 5.74) is 0. The molecule has 0 fully saturated rings. The number of unbranched alkanes of at least 4 members (excludes halogenated alkanes) is 6. The SMILES string of the molecule is CCCCCCCCCOCCOCCOCCP(C)(C)=O. The summed E-state index contributed by atoms with van der Waals surface area (Å²) in [6, 6.07) is 0. The molecule has 0 N–H and O–H groups in total. The Labute approximate surface area is 137 Å². The van der Waals surface area contributed by atoms with Crippen molar-refractivity contribution in [3.63, 3.8) is 0 Å². The quantitative estimate of drug-likeness (QED) is 0.291. The molecule has 0 spiro atoms. The second kappa shape index (κ2) is 16.0. The van der Waals surface area contributed by atoms with Crippen molar-refractivity contribution in [2.24, 2.45) is 0 Å². The van der Waals surface area contributed by atoms with Crippen molar-refractivity contribution in [2.45, 2.75) is 51.9 Å². The van der Waals surface area contributed by atoms with Gasteiger partial charge in [0, 0.05) is 12.8 Å². The fraction of sp³-hybridized carbons (Fsp3) is 1.00. The average Bonchev–Trinajstić information content (AvgIpc) is 2.45. The predicted octanol–water partition coefficient (Wildman–Crippen LogP) is 4.41. The molecular weight excluding hydrogens is 299 g/mol. The highest BCUT2D eigenvalue weighted by molar-refractivity contribution is 7.62. The fourth-order valence-electron chi connectivity index (χ4n) is 1.99. The lowest BCUT2D eigenvalue weighted by Crippen LogP contribution is -2.11. The monoisotopic (exact) mass is 336 g/mol. The number of hydrogen-bond donors (Lipinski definition) is 0. The molecule has 0 unspecified atom stereocenters. The summed E-state index contributed by atoms with van der Waals surface area (Å²) in [4.78, 5) is 0. The van der Waals surface area contributed by atoms with Crippen LogP contribution < -0.4 is 0 Å². The molecule has 4 nitrogen and oxygen atoms in total. The molecular formula is C17H37O4P. The first-order valence-electron chi connectivity index (χ1n) is 8.83. The smallest absolute Gasteiger partial charge is 0.0841 e. The molecule has 0 rings (SSSR count). The van der Waals surface area contributed by atoms with Crippen LogP contribution in [0.4, 0.5) is 0 Å². The van der Waals surface area contributed by atoms with Gasteiger partial charge in [0.1, 0.15) is 0 Å². The molecule has 0 aromatic carbocycles. The van der Waals surface area contributed by atoms with E-state index < -0.39 is 7.14 Å². The Morgan fingerprint density at radius 1 is 0.636 bits per heavy atom. The summed E-state index contributed by atoms with van der Waals surface area (Å²) in [7, 11) is -1.94. The Hall–Kier alpha value is 0.110. The van der Waals surface area contributed by atoms with Crippen LogP contribution in [0.1, 0.15) is 51.9 Å². The first-order valence-corrected chi connectivity index (χ1v) is 11.6. The van der Waals surface area contributed by atoms with Gasteiger partial charge in [-0.2, -0.15) is 0 Å². The van der Waals surface area contributed by atoms with E-state index in [9.17, 15) is 4.57 Å². The molecule has 0 aliphatic heterocycles. The Morgan fingerprint density at radius 2 is 1.09 bits per heavy atom. The third kappa shape index (κ3) is 20.1. The summed E-state index contributed by atoms with van der Waals surface area (Å²) in [5, 5.41) is 0. The van der Waals surface area contributed by atoms with E-state index in [2.05, 4.69) is 6.92 Å². The van der Waals surface area contributed by atoms with Gasteiger partial charge in [-0.3, -0.25) is 0 Å². The molecule has 0 aromatic rings. The van der Waals surface area contributed by atoms with E-state index in [0.29, 0.717) is 39.2 Å². The molecule has 134 valence electrons. The summed E-state index contributed by atoms with van der Waals surface area (Å²) in [6.45, 7) is 9.66. The standard InChI is InChI=1S/C17H37O4P/c1-4-5-6-7-8-9-10-11-19-12-13-20-14-15-21-16-17-22(2,3)18/h4-17H2,1-3H3. The van der Waals surface area contributed by atoms with Crippen LogP contribution in [-0.2, 0) is 18.8 Å². The highest BCUT2D eigenvalue weighted by Gasteiger charge is 2.05. The Kier molecular flexibility index (Phi) is 16.1. The van der Waals surface area contributed by atoms with E-state index in [0.717, 1.165) is 13.0 Å². The maximum absolute atomic E-state index is 11.4. The third-order valence-electron chi connectivity index (χ3n) is 3.41. The number of ether oxygens (including phenoxy) is 3. The molecule has 5 heteroatoms. The first-order chi connectivity index (χ1) is 10.6. The minimum Gasteiger partial charge on any atom is -0.379 e. The molecule has 0 atom stereocenters. The highest BCUT2D eigenvalue weighted by atomic mass is 31.2. The second-order valence-corrected chi connectivity index (χ2v) is 9.85. The lowest BCUT2D eigenvalue weighted by Gasteiger charge is -2.08. The van der Waals surface area contributed by atoms with Gasteiger partial charge in [-0.25, -0.2) is 0 Å². The maximum atomic E-state index is 11.4. The van der Waals surface area contributed by atoms with E-state index in [-0.39, 0.29) is 0 Å². The lowest BCUT2D eigenvalue weighted by atomic mass is 10.1. The van der Waals surface area contributed by atoms with Crippen LogP contribution in [0.2, 0.25) is 0 Å². The van der Waals surface area contributed by atoms with Gasteiger partial charge >= 0.3 is 0 Å². The minimum absolute atomic E-state index is 0.558. The largest absolute Gasteiger partial charge is 0.379 e. The van der Waals surface area contributed by atoms with Crippen molar-refractivity contribution >= 4 is 7.14 Å². The van der Waals surface area contributed by atoms with Gasteiger partial charge in [0.25, 0.3) is 0 Å². The van der Waals surface area contributed by atoms with Gasteiger partial charge in [0.15, 0.2) is 0 Å². The van der Waals surface area contributed by atoms with E-state index in [4.69, 9.17) is 14.2 Å². The van der Waals surface area contributed by atoms with Crippen molar-refractivity contribution in [3.8, 4) is 0 Å². The van der Waals surface area contributed by atoms with E-state index in [1.165, 1.54) is 38.5 Å². The van der Waals surface area contributed by atoms with Gasteiger partial charge in [-0.1, -0.05) is 45.4 Å². The van der Waals surface area contributed by atoms with Gasteiger partial charge in [0.05, 0.1) is 40.2 Å². The molecule has 0 amide bonds. The molecule has 0 aliphatic rings. The summed E-state index contributed by atoms with van der Waals surface area (Å²) in [5.74, 6) is 0. The second-order valence-electron chi connectivity index (χ2n) is 6.26. The van der Waals surface area contributed by atoms with Crippen LogP contribution in [-0.4, -0.2) is 59.1 Å². The Bertz CT molecular complexity index is 265. The number of rotatable bonds is 17. The van der Waals surface area contributed by atoms with Gasteiger partial charge < -0.3 is 18.8 Å². The van der Waals surface area contributed by atoms with E-state index >= 15 is 0 Å². The van der Waals surface area contributed by atoms with Crippen LogP contribution in [0.5, 0.6) is 0 Å². The molecule has 0 heterocycles. The van der Waals surface area contributed by atoms with Crippen LogP contribution in [0.3, 0.4) is 0 Å². The zero-order chi connectivity index (χ0) is 16.5. The highest BCUT2D eigenvalue weighted by Crippen LogP contribution is 2.34. The lowest BCUT2D eigenvalue weighted by molar-refractivity contribution is 0.0165. The van der Waals surface area contributed by atoms with E-state index in [1.807, 2.05) is 0 Å². The topological polar surface area (TPSA) is 44.8 Å². The molecule has 0 aromatic heterocycles. The molecule has 0 aliphatic carbocycles. The van der Waals surface area contributed by atoms with Crippen LogP contribution >= 0.6 is 7.14 Å². The number of hydrogen-bond acceptors (Lipinski definition) is 4. The van der Waals surface area contributed by atoms with E-state index in [1.54, 1.807) is 13.3 Å². The van der Waals surface area contributed by atoms with Gasteiger partial charge in [0.2, 0.25) is 0 Å². The van der Waals surface area contributed by atoms with Gasteiger partial charge in [-0.05, 0) is 19.8 Å². The van der Waals surface area contributed by atoms with Gasteiger partial charge in [-0.15, -0.1) is 0 Å². The molecule has 0 bridgehead atoms. The fourth-order valence-corrected chi connectivity index (χ4v) is 2.56. The predicted molar refractivity (Wildman–Crippen MR) is 94.8 cm³/mol. The maximum Gasteiger partial charge on any atom is 0.0841 e. The zero-order valence-electron chi connectivity index (χ0n) is 15.0. The molecule has 22 heavy (non-hydrogen) atoms. The summed E-state index contributed by atoms with van der Waals surface area (Å²) in [6.07, 6.45) is 9.83. The average molecular weight is 336 g/mol. The summed E-state index contributed by atoms with van der Waals surface area (Å²) >= 11 is 0. The van der Waals surface area contributed by atoms with Crippen molar-refractivity contribution in [1.29, 1.82) is 0 Å². The Morgan fingerprint density at radius 3 is 1.64 bits per heavy atom. The Balaban J connectivity index is 3.01. The zero-order valence-corrected chi connectivity index (χ0v) is 15.9. The van der Waals surface area contributed by atoms with Crippen molar-refractivity contribution in [1.82, 2.24) is 0 Å². The first kappa shape index (κ1) is 22.1. The van der Waals surface area contributed by atoms with Crippen molar-refractivity contribution in [2.75, 3.05) is 59.1 Å². The van der Waals surface area contributed by atoms with Crippen LogP contribution in [0.25, 0.3) is 0 Å². The van der Waals surface area contributed by atoms with Crippen molar-refractivity contribution < 1.29 is 18.8 Å². The van der Waals surface area contributed by atoms with Crippen LogP contribution in [0.15, 0.2) is 0 Å². The minimum atomic E-state index is -1.94. The van der Waals surface area contributed by atoms with Crippen LogP contribution in [0, 0.1) is 0 Å². The third-order valence-corrected chi connectivity index (χ3v) is 4.67. The molecule has 0 saturated heterocycles.